The monoisotopic (exact) mass is 254 g/mol. The molecule has 1 saturated carbocycles. The zero-order chi connectivity index (χ0) is 13.5. The third kappa shape index (κ3) is 3.77. The van der Waals surface area contributed by atoms with E-state index in [9.17, 15) is 20.1 Å². The van der Waals surface area contributed by atoms with Gasteiger partial charge in [-0.2, -0.15) is 0 Å². The molecule has 102 valence electrons. The average Bonchev–Trinajstić information content (AvgIpc) is 2.36. The van der Waals surface area contributed by atoms with Crippen LogP contribution in [-0.4, -0.2) is 39.9 Å². The van der Waals surface area contributed by atoms with Gasteiger partial charge in [0.1, 0.15) is 6.10 Å². The molecular weight excluding hydrogens is 232 g/mol. The van der Waals surface area contributed by atoms with Crippen LogP contribution in [0.3, 0.4) is 0 Å². The Morgan fingerprint density at radius 1 is 1.33 bits per heavy atom. The molecule has 4 heteroatoms. The van der Waals surface area contributed by atoms with Crippen LogP contribution in [0, 0.1) is 11.8 Å². The van der Waals surface area contributed by atoms with Crippen molar-refractivity contribution in [3.8, 4) is 0 Å². The number of allylic oxidation sites excluding steroid dienone is 4. The highest BCUT2D eigenvalue weighted by Crippen LogP contribution is 2.28. The van der Waals surface area contributed by atoms with E-state index in [1.54, 1.807) is 0 Å². The Balaban J connectivity index is 2.65. The summed E-state index contributed by atoms with van der Waals surface area (Å²) in [6, 6.07) is 0. The Hall–Kier alpha value is -0.970. The molecule has 0 saturated heterocycles. The van der Waals surface area contributed by atoms with Gasteiger partial charge in [0.2, 0.25) is 0 Å². The second-order valence-corrected chi connectivity index (χ2v) is 4.70. The van der Waals surface area contributed by atoms with Crippen LogP contribution in [0.4, 0.5) is 0 Å². The van der Waals surface area contributed by atoms with Crippen LogP contribution in [0.2, 0.25) is 0 Å². The molecule has 0 heterocycles. The van der Waals surface area contributed by atoms with Crippen LogP contribution >= 0.6 is 0 Å². The zero-order valence-electron chi connectivity index (χ0n) is 10.7. The summed E-state index contributed by atoms with van der Waals surface area (Å²) in [4.78, 5) is 11.7. The molecule has 0 aromatic heterocycles. The molecule has 18 heavy (non-hydrogen) atoms. The summed E-state index contributed by atoms with van der Waals surface area (Å²) >= 11 is 0. The highest BCUT2D eigenvalue weighted by atomic mass is 16.3. The van der Waals surface area contributed by atoms with Crippen LogP contribution in [0.25, 0.3) is 0 Å². The van der Waals surface area contributed by atoms with Crippen LogP contribution in [-0.2, 0) is 4.79 Å². The summed E-state index contributed by atoms with van der Waals surface area (Å²) in [5.41, 5.74) is 0. The number of hydrogen-bond acceptors (Lipinski definition) is 4. The standard InChI is InChI=1S/C14H22O4/c1-2-3-4-5-6-7-10-8-12(16)14(18)13(17)11(10)9-15/h4-7,10-12,14-16,18H,2-3,8-9H2,1H3/b5-4+,7-6+. The highest BCUT2D eigenvalue weighted by molar-refractivity contribution is 5.87. The third-order valence-corrected chi connectivity index (χ3v) is 3.31. The van der Waals surface area contributed by atoms with Gasteiger partial charge >= 0.3 is 0 Å². The fraction of sp³-hybridized carbons (Fsp3) is 0.643. The number of ketones is 1. The molecule has 3 N–H and O–H groups in total. The number of aliphatic hydroxyl groups excluding tert-OH is 3. The molecule has 4 nitrogen and oxygen atoms in total. The maximum absolute atomic E-state index is 11.7. The normalized spacial score (nSPS) is 33.7. The number of aliphatic hydroxyl groups is 3. The minimum atomic E-state index is -1.36. The Morgan fingerprint density at radius 3 is 2.67 bits per heavy atom. The summed E-state index contributed by atoms with van der Waals surface area (Å²) in [7, 11) is 0. The van der Waals surface area contributed by atoms with Crippen molar-refractivity contribution in [1.82, 2.24) is 0 Å². The van der Waals surface area contributed by atoms with Crippen molar-refractivity contribution in [2.45, 2.75) is 38.4 Å². The van der Waals surface area contributed by atoms with Gasteiger partial charge in [0.05, 0.1) is 12.7 Å². The van der Waals surface area contributed by atoms with Crippen LogP contribution in [0.15, 0.2) is 24.3 Å². The van der Waals surface area contributed by atoms with Crippen LogP contribution in [0.5, 0.6) is 0 Å². The lowest BCUT2D eigenvalue weighted by Gasteiger charge is -2.33. The SMILES string of the molecule is CCC/C=C/C=C/C1CC(O)C(O)C(=O)C1CO. The average molecular weight is 254 g/mol. The largest absolute Gasteiger partial charge is 0.396 e. The predicted molar refractivity (Wildman–Crippen MR) is 68.9 cm³/mol. The Morgan fingerprint density at radius 2 is 2.06 bits per heavy atom. The van der Waals surface area contributed by atoms with Crippen molar-refractivity contribution >= 4 is 5.78 Å². The molecule has 1 aliphatic carbocycles. The number of hydrogen-bond donors (Lipinski definition) is 3. The fourth-order valence-corrected chi connectivity index (χ4v) is 2.18. The van der Waals surface area contributed by atoms with Gasteiger partial charge in [0.15, 0.2) is 5.78 Å². The fourth-order valence-electron chi connectivity index (χ4n) is 2.18. The van der Waals surface area contributed by atoms with Crippen molar-refractivity contribution in [2.75, 3.05) is 6.61 Å². The summed E-state index contributed by atoms with van der Waals surface area (Å²) < 4.78 is 0. The first-order valence-electron chi connectivity index (χ1n) is 6.45. The molecular formula is C14H22O4. The quantitative estimate of drug-likeness (QED) is 0.635. The first-order chi connectivity index (χ1) is 8.61. The number of Topliss-reactive ketones (excluding diaryl/α,β-unsaturated/α-hetero) is 1. The van der Waals surface area contributed by atoms with Gasteiger partial charge in [0, 0.05) is 5.92 Å². The molecule has 4 unspecified atom stereocenters. The van der Waals surface area contributed by atoms with Crippen molar-refractivity contribution < 1.29 is 20.1 Å². The Bertz CT molecular complexity index is 322. The molecule has 0 bridgehead atoms. The van der Waals surface area contributed by atoms with Crippen molar-refractivity contribution in [3.63, 3.8) is 0 Å². The Labute approximate surface area is 108 Å². The maximum Gasteiger partial charge on any atom is 0.169 e. The summed E-state index contributed by atoms with van der Waals surface area (Å²) in [5.74, 6) is -1.30. The Kier molecular flexibility index (Phi) is 6.25. The smallest absolute Gasteiger partial charge is 0.169 e. The first-order valence-corrected chi connectivity index (χ1v) is 6.45. The minimum Gasteiger partial charge on any atom is -0.396 e. The molecule has 0 aromatic carbocycles. The zero-order valence-corrected chi connectivity index (χ0v) is 10.7. The van der Waals surface area contributed by atoms with Crippen molar-refractivity contribution in [1.29, 1.82) is 0 Å². The van der Waals surface area contributed by atoms with Gasteiger partial charge in [-0.25, -0.2) is 0 Å². The summed E-state index contributed by atoms with van der Waals surface area (Å²) in [5, 5.41) is 28.2. The summed E-state index contributed by atoms with van der Waals surface area (Å²) in [6.07, 6.45) is 7.57. The van der Waals surface area contributed by atoms with E-state index in [0.717, 1.165) is 12.8 Å². The van der Waals surface area contributed by atoms with Gasteiger partial charge < -0.3 is 15.3 Å². The van der Waals surface area contributed by atoms with Gasteiger partial charge in [-0.1, -0.05) is 37.6 Å². The van der Waals surface area contributed by atoms with Crippen molar-refractivity contribution in [2.24, 2.45) is 11.8 Å². The predicted octanol–water partition coefficient (Wildman–Crippen LogP) is 0.818. The highest BCUT2D eigenvalue weighted by Gasteiger charge is 2.40. The van der Waals surface area contributed by atoms with E-state index >= 15 is 0 Å². The van der Waals surface area contributed by atoms with Gasteiger partial charge in [-0.05, 0) is 18.8 Å². The molecule has 0 aromatic rings. The molecule has 1 aliphatic rings. The van der Waals surface area contributed by atoms with Gasteiger partial charge in [-0.3, -0.25) is 4.79 Å². The lowest BCUT2D eigenvalue weighted by Crippen LogP contribution is -2.48. The first kappa shape index (κ1) is 15.1. The molecule has 0 radical (unpaired) electrons. The molecule has 0 spiro atoms. The van der Waals surface area contributed by atoms with Crippen LogP contribution in [0.1, 0.15) is 26.2 Å². The molecule has 0 amide bonds. The van der Waals surface area contributed by atoms with Crippen molar-refractivity contribution in [3.05, 3.63) is 24.3 Å². The lowest BCUT2D eigenvalue weighted by molar-refractivity contribution is -0.146. The molecule has 4 atom stereocenters. The molecule has 1 rings (SSSR count). The number of carbonyl (C=O) groups excluding carboxylic acids is 1. The second-order valence-electron chi connectivity index (χ2n) is 4.70. The maximum atomic E-state index is 11.7. The van der Waals surface area contributed by atoms with E-state index in [-0.39, 0.29) is 12.5 Å². The van der Waals surface area contributed by atoms with E-state index in [1.165, 1.54) is 0 Å². The molecule has 1 fully saturated rings. The number of carbonyl (C=O) groups is 1. The van der Waals surface area contributed by atoms with E-state index in [2.05, 4.69) is 6.92 Å². The lowest BCUT2D eigenvalue weighted by atomic mass is 9.75. The van der Waals surface area contributed by atoms with Gasteiger partial charge in [0.25, 0.3) is 0 Å². The topological polar surface area (TPSA) is 77.8 Å². The van der Waals surface area contributed by atoms with E-state index in [4.69, 9.17) is 0 Å². The second kappa shape index (κ2) is 7.46. The third-order valence-electron chi connectivity index (χ3n) is 3.31. The summed E-state index contributed by atoms with van der Waals surface area (Å²) in [6.45, 7) is 1.80. The van der Waals surface area contributed by atoms with E-state index in [0.29, 0.717) is 6.42 Å². The number of rotatable bonds is 5. The molecule has 0 aliphatic heterocycles. The minimum absolute atomic E-state index is 0.216. The van der Waals surface area contributed by atoms with E-state index in [1.807, 2.05) is 24.3 Å². The van der Waals surface area contributed by atoms with Crippen LogP contribution < -0.4 is 0 Å². The van der Waals surface area contributed by atoms with E-state index < -0.39 is 23.9 Å². The number of unbranched alkanes of at least 4 members (excludes halogenated alkanes) is 1. The van der Waals surface area contributed by atoms with Gasteiger partial charge in [-0.15, -0.1) is 0 Å².